The molecular formula is C24H26N4S. The lowest BCUT2D eigenvalue weighted by molar-refractivity contribution is 0.313. The van der Waals surface area contributed by atoms with Crippen LogP contribution in [0.4, 0.5) is 11.4 Å². The number of likely N-dealkylation sites (N-methyl/N-ethyl adjacent to an activating group) is 1. The Morgan fingerprint density at radius 1 is 0.897 bits per heavy atom. The maximum atomic E-state index is 4.93. The van der Waals surface area contributed by atoms with Crippen molar-refractivity contribution in [2.24, 2.45) is 4.99 Å². The summed E-state index contributed by atoms with van der Waals surface area (Å²) in [6.07, 6.45) is 0. The van der Waals surface area contributed by atoms with Gasteiger partial charge in [-0.3, -0.25) is 4.99 Å². The Balaban J connectivity index is 1.26. The molecular weight excluding hydrogens is 376 g/mol. The van der Waals surface area contributed by atoms with Gasteiger partial charge in [0.25, 0.3) is 0 Å². The largest absolute Gasteiger partial charge is 0.369 e. The van der Waals surface area contributed by atoms with Gasteiger partial charge >= 0.3 is 0 Å². The van der Waals surface area contributed by atoms with E-state index in [2.05, 4.69) is 88.9 Å². The fourth-order valence-corrected chi connectivity index (χ4v) is 4.95. The molecule has 0 aliphatic carbocycles. The molecule has 0 radical (unpaired) electrons. The van der Waals surface area contributed by atoms with E-state index in [4.69, 9.17) is 4.99 Å². The van der Waals surface area contributed by atoms with Crippen LogP contribution in [0.5, 0.6) is 0 Å². The first kappa shape index (κ1) is 18.5. The van der Waals surface area contributed by atoms with Crippen molar-refractivity contribution >= 4 is 39.1 Å². The van der Waals surface area contributed by atoms with Crippen LogP contribution in [0.25, 0.3) is 10.8 Å². The van der Waals surface area contributed by atoms with E-state index < -0.39 is 0 Å². The van der Waals surface area contributed by atoms with Crippen molar-refractivity contribution in [3.8, 4) is 0 Å². The van der Waals surface area contributed by atoms with Gasteiger partial charge in [-0.2, -0.15) is 0 Å². The van der Waals surface area contributed by atoms with E-state index in [0.717, 1.165) is 42.8 Å². The van der Waals surface area contributed by atoms with Gasteiger partial charge in [-0.25, -0.2) is 0 Å². The molecule has 0 aromatic heterocycles. The molecule has 3 aromatic carbocycles. The molecule has 5 rings (SSSR count). The first-order chi connectivity index (χ1) is 14.2. The Bertz CT molecular complexity index is 1020. The van der Waals surface area contributed by atoms with Gasteiger partial charge in [0.2, 0.25) is 0 Å². The van der Waals surface area contributed by atoms with Crippen molar-refractivity contribution in [1.29, 1.82) is 0 Å². The molecule has 5 heteroatoms. The van der Waals surface area contributed by atoms with Gasteiger partial charge in [-0.05, 0) is 47.6 Å². The molecule has 1 saturated heterocycles. The molecule has 2 aliphatic heterocycles. The quantitative estimate of drug-likeness (QED) is 0.679. The number of nitrogens with zero attached hydrogens (tertiary/aromatic N) is 3. The Labute approximate surface area is 176 Å². The van der Waals surface area contributed by atoms with Crippen LogP contribution in [0, 0.1) is 0 Å². The molecule has 2 aliphatic rings. The zero-order valence-electron chi connectivity index (χ0n) is 16.7. The first-order valence-electron chi connectivity index (χ1n) is 10.2. The lowest BCUT2D eigenvalue weighted by Gasteiger charge is -2.34. The number of nitrogens with one attached hydrogen (secondary N) is 1. The third-order valence-electron chi connectivity index (χ3n) is 5.80. The van der Waals surface area contributed by atoms with Crippen LogP contribution in [-0.2, 0) is 0 Å². The smallest absolute Gasteiger partial charge is 0.161 e. The number of aliphatic imine (C=N–C) groups is 1. The van der Waals surface area contributed by atoms with E-state index in [1.54, 1.807) is 11.8 Å². The fraction of sp³-hybridized carbons (Fsp3) is 0.292. The average molecular weight is 403 g/mol. The van der Waals surface area contributed by atoms with Gasteiger partial charge in [-0.1, -0.05) is 54.2 Å². The number of fused-ring (bicyclic) bond motifs is 1. The molecule has 0 bridgehead atoms. The highest BCUT2D eigenvalue weighted by Crippen LogP contribution is 2.32. The van der Waals surface area contributed by atoms with Gasteiger partial charge in [-0.15, -0.1) is 0 Å². The zero-order chi connectivity index (χ0) is 19.6. The van der Waals surface area contributed by atoms with Crippen LogP contribution >= 0.6 is 11.8 Å². The molecule has 0 spiro atoms. The molecule has 2 heterocycles. The number of benzene rings is 3. The number of anilines is 2. The highest BCUT2D eigenvalue weighted by atomic mass is 32.2. The number of amidine groups is 1. The summed E-state index contributed by atoms with van der Waals surface area (Å²) in [4.78, 5) is 9.80. The molecule has 29 heavy (non-hydrogen) atoms. The molecule has 148 valence electrons. The maximum absolute atomic E-state index is 4.93. The highest BCUT2D eigenvalue weighted by molar-refractivity contribution is 8.14. The van der Waals surface area contributed by atoms with E-state index in [0.29, 0.717) is 0 Å². The summed E-state index contributed by atoms with van der Waals surface area (Å²) in [6.45, 7) is 4.48. The summed E-state index contributed by atoms with van der Waals surface area (Å²) in [5.74, 6) is 0.990. The van der Waals surface area contributed by atoms with Gasteiger partial charge in [0.1, 0.15) is 0 Å². The summed E-state index contributed by atoms with van der Waals surface area (Å²) in [7, 11) is 2.19. The summed E-state index contributed by atoms with van der Waals surface area (Å²) >= 11 is 1.80. The van der Waals surface area contributed by atoms with Crippen molar-refractivity contribution in [3.63, 3.8) is 0 Å². The van der Waals surface area contributed by atoms with Crippen LogP contribution in [0.15, 0.2) is 71.7 Å². The van der Waals surface area contributed by atoms with Crippen LogP contribution in [0.2, 0.25) is 0 Å². The minimum atomic E-state index is 0.226. The molecule has 4 nitrogen and oxygen atoms in total. The standard InChI is InChI=1S/C24H26N4S/c1-27-12-14-28(15-13-27)22-10-7-19(8-11-22)23-17-29-24(26-23)25-21-9-6-18-4-2-3-5-20(18)16-21/h2-11,16,23H,12-15,17H2,1H3,(H,25,26). The van der Waals surface area contributed by atoms with Gasteiger partial charge in [0, 0.05) is 43.3 Å². The number of piperazine rings is 1. The average Bonchev–Trinajstić information content (AvgIpc) is 3.23. The predicted molar refractivity (Wildman–Crippen MR) is 126 cm³/mol. The molecule has 3 aromatic rings. The minimum absolute atomic E-state index is 0.226. The Kier molecular flexibility index (Phi) is 5.17. The summed E-state index contributed by atoms with van der Waals surface area (Å²) in [6, 6.07) is 24.2. The van der Waals surface area contributed by atoms with Crippen LogP contribution < -0.4 is 10.2 Å². The topological polar surface area (TPSA) is 30.9 Å². The Morgan fingerprint density at radius 2 is 1.66 bits per heavy atom. The highest BCUT2D eigenvalue weighted by Gasteiger charge is 2.21. The minimum Gasteiger partial charge on any atom is -0.369 e. The van der Waals surface area contributed by atoms with Crippen molar-refractivity contribution in [2.45, 2.75) is 6.04 Å². The second-order valence-electron chi connectivity index (χ2n) is 7.83. The molecule has 1 N–H and O–H groups in total. The van der Waals surface area contributed by atoms with E-state index in [9.17, 15) is 0 Å². The first-order valence-corrected chi connectivity index (χ1v) is 11.2. The lowest BCUT2D eigenvalue weighted by Crippen LogP contribution is -2.44. The third-order valence-corrected chi connectivity index (χ3v) is 6.76. The lowest BCUT2D eigenvalue weighted by atomic mass is 10.1. The van der Waals surface area contributed by atoms with Gasteiger partial charge in [0.15, 0.2) is 5.17 Å². The summed E-state index contributed by atoms with van der Waals surface area (Å²) in [5, 5.41) is 7.02. The Morgan fingerprint density at radius 3 is 2.45 bits per heavy atom. The molecule has 0 saturated carbocycles. The number of hydrogen-bond acceptors (Lipinski definition) is 5. The molecule has 1 atom stereocenters. The summed E-state index contributed by atoms with van der Waals surface area (Å²) in [5.41, 5.74) is 3.72. The maximum Gasteiger partial charge on any atom is 0.161 e. The normalized spacial score (nSPS) is 20.1. The van der Waals surface area contributed by atoms with Crippen LogP contribution in [0.3, 0.4) is 0 Å². The van der Waals surface area contributed by atoms with Crippen molar-refractivity contribution in [2.75, 3.05) is 49.2 Å². The summed E-state index contributed by atoms with van der Waals surface area (Å²) < 4.78 is 0. The second-order valence-corrected chi connectivity index (χ2v) is 8.84. The number of hydrogen-bond donors (Lipinski definition) is 1. The van der Waals surface area contributed by atoms with Crippen LogP contribution in [0.1, 0.15) is 11.6 Å². The fourth-order valence-electron chi connectivity index (χ4n) is 3.98. The van der Waals surface area contributed by atoms with Crippen molar-refractivity contribution < 1.29 is 0 Å². The SMILES string of the molecule is CN1CCN(c2ccc(C3CSC(Nc4ccc5ccccc5c4)=N3)cc2)CC1. The zero-order valence-corrected chi connectivity index (χ0v) is 17.5. The molecule has 1 fully saturated rings. The van der Waals surface area contributed by atoms with E-state index >= 15 is 0 Å². The Hall–Kier alpha value is -2.50. The van der Waals surface area contributed by atoms with Gasteiger partial charge < -0.3 is 15.1 Å². The van der Waals surface area contributed by atoms with E-state index in [-0.39, 0.29) is 6.04 Å². The van der Waals surface area contributed by atoms with Crippen molar-refractivity contribution in [1.82, 2.24) is 4.90 Å². The van der Waals surface area contributed by atoms with E-state index in [1.807, 2.05) is 0 Å². The number of rotatable bonds is 3. The monoisotopic (exact) mass is 402 g/mol. The second kappa shape index (κ2) is 8.09. The number of thioether (sulfide) groups is 1. The van der Waals surface area contributed by atoms with Crippen LogP contribution in [-0.4, -0.2) is 49.0 Å². The predicted octanol–water partition coefficient (Wildman–Crippen LogP) is 4.85. The third kappa shape index (κ3) is 4.11. The van der Waals surface area contributed by atoms with Gasteiger partial charge in [0.05, 0.1) is 6.04 Å². The van der Waals surface area contributed by atoms with E-state index in [1.165, 1.54) is 22.0 Å². The molecule has 1 unspecified atom stereocenters. The van der Waals surface area contributed by atoms with Crippen molar-refractivity contribution in [3.05, 3.63) is 72.3 Å². The molecule has 0 amide bonds.